The van der Waals surface area contributed by atoms with E-state index in [1.54, 1.807) is 54.6 Å². The van der Waals surface area contributed by atoms with Crippen LogP contribution < -0.4 is 10.6 Å². The first kappa shape index (κ1) is 26.7. The number of hydrogen-bond acceptors (Lipinski definition) is 5. The summed E-state index contributed by atoms with van der Waals surface area (Å²) in [6.45, 7) is 0. The molecular formula is C29H22F3N3O5. The summed E-state index contributed by atoms with van der Waals surface area (Å²) in [6.07, 6.45) is -3.42. The maximum atomic E-state index is 13.6. The van der Waals surface area contributed by atoms with Gasteiger partial charge in [0.2, 0.25) is 11.7 Å². The maximum absolute atomic E-state index is 13.6. The van der Waals surface area contributed by atoms with E-state index in [1.165, 1.54) is 24.3 Å². The minimum absolute atomic E-state index is 0.238. The molecule has 1 aliphatic carbocycles. The van der Waals surface area contributed by atoms with Crippen LogP contribution in [0.25, 0.3) is 22.6 Å². The molecule has 11 heteroatoms. The standard InChI is InChI=1S/C29H22F3N3O5/c30-29(31,32)23-22(34-26(40-23)20-5-2-1-3-6-20)25(37)33-21-13-11-18(12-14-21)17-7-9-19(10-8-17)24(36)35-28(27(38)39)15-4-16-28/h1-3,5-14H,4,15-16H2,(H,33,37)(H,35,36)(H,38,39). The second-order valence-electron chi connectivity index (χ2n) is 9.36. The van der Waals surface area contributed by atoms with Crippen molar-refractivity contribution < 1.29 is 37.1 Å². The van der Waals surface area contributed by atoms with Gasteiger partial charge in [-0.25, -0.2) is 9.78 Å². The number of amides is 2. The van der Waals surface area contributed by atoms with Crippen LogP contribution in [0, 0.1) is 0 Å². The number of carboxylic acids is 1. The van der Waals surface area contributed by atoms with Crippen molar-refractivity contribution in [3.05, 3.63) is 95.9 Å². The average Bonchev–Trinajstić information content (AvgIpc) is 3.38. The Morgan fingerprint density at radius 3 is 1.95 bits per heavy atom. The van der Waals surface area contributed by atoms with Crippen LogP contribution >= 0.6 is 0 Å². The zero-order valence-corrected chi connectivity index (χ0v) is 20.8. The summed E-state index contributed by atoms with van der Waals surface area (Å²) in [6, 6.07) is 20.8. The van der Waals surface area contributed by atoms with Crippen molar-refractivity contribution in [2.45, 2.75) is 31.0 Å². The Hall–Kier alpha value is -4.93. The summed E-state index contributed by atoms with van der Waals surface area (Å²) in [7, 11) is 0. The number of carboxylic acid groups (broad SMARTS) is 1. The van der Waals surface area contributed by atoms with Gasteiger partial charge in [-0.15, -0.1) is 0 Å². The number of alkyl halides is 3. The first-order valence-corrected chi connectivity index (χ1v) is 12.3. The van der Waals surface area contributed by atoms with E-state index in [0.717, 1.165) is 17.5 Å². The summed E-state index contributed by atoms with van der Waals surface area (Å²) in [5.74, 6) is -4.42. The number of carbonyl (C=O) groups is 3. The zero-order chi connectivity index (χ0) is 28.5. The van der Waals surface area contributed by atoms with Gasteiger partial charge in [-0.2, -0.15) is 13.2 Å². The molecule has 3 N–H and O–H groups in total. The molecule has 1 saturated carbocycles. The topological polar surface area (TPSA) is 122 Å². The van der Waals surface area contributed by atoms with Crippen LogP contribution in [0.1, 0.15) is 45.9 Å². The Labute approximate surface area is 225 Å². The number of benzene rings is 3. The second-order valence-corrected chi connectivity index (χ2v) is 9.36. The zero-order valence-electron chi connectivity index (χ0n) is 20.8. The number of nitrogens with zero attached hydrogens (tertiary/aromatic N) is 1. The molecule has 2 amide bonds. The second kappa shape index (κ2) is 10.3. The molecule has 0 unspecified atom stereocenters. The summed E-state index contributed by atoms with van der Waals surface area (Å²) in [4.78, 5) is 40.6. The van der Waals surface area contributed by atoms with Gasteiger partial charge in [0.05, 0.1) is 0 Å². The van der Waals surface area contributed by atoms with Crippen molar-refractivity contribution in [3.8, 4) is 22.6 Å². The SMILES string of the molecule is O=C(NC1(C(=O)O)CCC1)c1ccc(-c2ccc(NC(=O)c3nc(-c4ccccc4)oc3C(F)(F)F)cc2)cc1. The van der Waals surface area contributed by atoms with Crippen molar-refractivity contribution in [2.24, 2.45) is 0 Å². The van der Waals surface area contributed by atoms with Crippen LogP contribution in [0.3, 0.4) is 0 Å². The van der Waals surface area contributed by atoms with Crippen LogP contribution in [0.4, 0.5) is 18.9 Å². The molecule has 1 aromatic heterocycles. The quantitative estimate of drug-likeness (QED) is 0.259. The molecule has 4 aromatic rings. The Kier molecular flexibility index (Phi) is 6.88. The van der Waals surface area contributed by atoms with E-state index >= 15 is 0 Å². The van der Waals surface area contributed by atoms with Gasteiger partial charge in [0.1, 0.15) is 5.54 Å². The number of aliphatic carboxylic acids is 1. The highest BCUT2D eigenvalue weighted by Gasteiger charge is 2.46. The van der Waals surface area contributed by atoms with Crippen molar-refractivity contribution in [2.75, 3.05) is 5.32 Å². The Morgan fingerprint density at radius 1 is 0.825 bits per heavy atom. The van der Waals surface area contributed by atoms with Crippen molar-refractivity contribution in [1.82, 2.24) is 10.3 Å². The third-order valence-corrected chi connectivity index (χ3v) is 6.71. The van der Waals surface area contributed by atoms with Gasteiger partial charge >= 0.3 is 12.1 Å². The van der Waals surface area contributed by atoms with E-state index in [2.05, 4.69) is 15.6 Å². The first-order chi connectivity index (χ1) is 19.1. The van der Waals surface area contributed by atoms with Gasteiger partial charge in [-0.05, 0) is 66.8 Å². The lowest BCUT2D eigenvalue weighted by Gasteiger charge is -2.38. The number of halogens is 3. The number of nitrogens with one attached hydrogen (secondary N) is 2. The number of hydrogen-bond donors (Lipinski definition) is 3. The predicted molar refractivity (Wildman–Crippen MR) is 138 cm³/mol. The van der Waals surface area contributed by atoms with E-state index in [9.17, 15) is 32.7 Å². The van der Waals surface area contributed by atoms with E-state index < -0.39 is 41.0 Å². The fourth-order valence-corrected chi connectivity index (χ4v) is 4.33. The first-order valence-electron chi connectivity index (χ1n) is 12.3. The molecule has 3 aromatic carbocycles. The lowest BCUT2D eigenvalue weighted by Crippen LogP contribution is -2.59. The van der Waals surface area contributed by atoms with E-state index in [1.807, 2.05) is 0 Å². The molecule has 0 atom stereocenters. The normalized spacial score (nSPS) is 14.2. The van der Waals surface area contributed by atoms with Gasteiger partial charge in [-0.1, -0.05) is 42.5 Å². The van der Waals surface area contributed by atoms with E-state index in [0.29, 0.717) is 24.0 Å². The third-order valence-electron chi connectivity index (χ3n) is 6.71. The Balaban J connectivity index is 1.29. The van der Waals surface area contributed by atoms with Crippen molar-refractivity contribution >= 4 is 23.5 Å². The highest BCUT2D eigenvalue weighted by molar-refractivity contribution is 6.04. The molecular weight excluding hydrogens is 527 g/mol. The van der Waals surface area contributed by atoms with Gasteiger partial charge in [0.25, 0.3) is 11.8 Å². The molecule has 5 rings (SSSR count). The average molecular weight is 550 g/mol. The molecule has 1 fully saturated rings. The summed E-state index contributed by atoms with van der Waals surface area (Å²) in [5.41, 5.74) is 0.195. The van der Waals surface area contributed by atoms with Gasteiger partial charge in [0.15, 0.2) is 5.69 Å². The molecule has 1 aliphatic rings. The van der Waals surface area contributed by atoms with Crippen LogP contribution in [0.15, 0.2) is 83.3 Å². The number of carbonyl (C=O) groups excluding carboxylic acids is 2. The summed E-state index contributed by atoms with van der Waals surface area (Å²) >= 11 is 0. The highest BCUT2D eigenvalue weighted by atomic mass is 19.4. The Morgan fingerprint density at radius 2 is 1.43 bits per heavy atom. The maximum Gasteiger partial charge on any atom is 0.452 e. The minimum Gasteiger partial charge on any atom is -0.480 e. The molecule has 204 valence electrons. The smallest absolute Gasteiger partial charge is 0.452 e. The number of oxazole rings is 1. The number of anilines is 1. The monoisotopic (exact) mass is 549 g/mol. The number of rotatable bonds is 7. The molecule has 0 spiro atoms. The predicted octanol–water partition coefficient (Wildman–Crippen LogP) is 6.02. The lowest BCUT2D eigenvalue weighted by molar-refractivity contribution is -0.153. The van der Waals surface area contributed by atoms with E-state index in [-0.39, 0.29) is 11.6 Å². The highest BCUT2D eigenvalue weighted by Crippen LogP contribution is 2.36. The number of aromatic nitrogens is 1. The van der Waals surface area contributed by atoms with Gasteiger partial charge in [-0.3, -0.25) is 9.59 Å². The molecule has 8 nitrogen and oxygen atoms in total. The molecule has 40 heavy (non-hydrogen) atoms. The van der Waals surface area contributed by atoms with Crippen LogP contribution in [-0.4, -0.2) is 33.4 Å². The van der Waals surface area contributed by atoms with Crippen LogP contribution in [-0.2, 0) is 11.0 Å². The molecule has 0 saturated heterocycles. The fourth-order valence-electron chi connectivity index (χ4n) is 4.33. The third kappa shape index (κ3) is 5.31. The minimum atomic E-state index is -4.92. The summed E-state index contributed by atoms with van der Waals surface area (Å²) < 4.78 is 45.6. The molecule has 0 bridgehead atoms. The van der Waals surface area contributed by atoms with Crippen molar-refractivity contribution in [3.63, 3.8) is 0 Å². The van der Waals surface area contributed by atoms with Crippen LogP contribution in [0.5, 0.6) is 0 Å². The Bertz CT molecular complexity index is 1560. The van der Waals surface area contributed by atoms with Gasteiger partial charge in [0, 0.05) is 16.8 Å². The molecule has 1 heterocycles. The molecule has 0 aliphatic heterocycles. The van der Waals surface area contributed by atoms with Crippen LogP contribution in [0.2, 0.25) is 0 Å². The van der Waals surface area contributed by atoms with Gasteiger partial charge < -0.3 is 20.2 Å². The summed E-state index contributed by atoms with van der Waals surface area (Å²) in [5, 5.41) is 14.4. The largest absolute Gasteiger partial charge is 0.480 e. The van der Waals surface area contributed by atoms with Crippen molar-refractivity contribution in [1.29, 1.82) is 0 Å². The molecule has 0 radical (unpaired) electrons. The van der Waals surface area contributed by atoms with E-state index in [4.69, 9.17) is 4.42 Å². The lowest BCUT2D eigenvalue weighted by atomic mass is 9.76. The fraction of sp³-hybridized carbons (Fsp3) is 0.172.